The molecule has 0 saturated heterocycles. The highest BCUT2D eigenvalue weighted by Crippen LogP contribution is 2.31. The van der Waals surface area contributed by atoms with Gasteiger partial charge >= 0.3 is 0 Å². The summed E-state index contributed by atoms with van der Waals surface area (Å²) in [6, 6.07) is 6.65. The van der Waals surface area contributed by atoms with Crippen LogP contribution >= 0.6 is 0 Å². The third-order valence-corrected chi connectivity index (χ3v) is 3.25. The molecule has 7 nitrogen and oxygen atoms in total. The van der Waals surface area contributed by atoms with Crippen molar-refractivity contribution < 1.29 is 9.15 Å². The van der Waals surface area contributed by atoms with Crippen molar-refractivity contribution in [2.75, 3.05) is 7.11 Å². The monoisotopic (exact) mass is 282 g/mol. The van der Waals surface area contributed by atoms with Crippen LogP contribution in [0, 0.1) is 0 Å². The van der Waals surface area contributed by atoms with Crippen LogP contribution in [0.3, 0.4) is 0 Å². The summed E-state index contributed by atoms with van der Waals surface area (Å²) in [4.78, 5) is 19.8. The minimum absolute atomic E-state index is 0.211. The Morgan fingerprint density at radius 2 is 2.19 bits per heavy atom. The Morgan fingerprint density at radius 1 is 1.29 bits per heavy atom. The standard InChI is InChI=1S/C14H10N4O3/c1-20-14-8-6-11(21-10(8)4-5-15-14)9-7-16-12-2-3-13(19)17-18(9)12/h2-7H,1H3,(H,17,19). The minimum Gasteiger partial charge on any atom is -0.480 e. The second-order valence-electron chi connectivity index (χ2n) is 4.49. The molecule has 4 heterocycles. The van der Waals surface area contributed by atoms with E-state index in [4.69, 9.17) is 9.15 Å². The molecule has 0 unspecified atom stereocenters. The number of methoxy groups -OCH3 is 1. The SMILES string of the molecule is COc1nccc2oc(-c3cnc4ccc(=O)[nH]n34)cc12. The summed E-state index contributed by atoms with van der Waals surface area (Å²) >= 11 is 0. The average Bonchev–Trinajstić information content (AvgIpc) is 3.09. The van der Waals surface area contributed by atoms with E-state index in [2.05, 4.69) is 15.1 Å². The number of aromatic amines is 1. The maximum absolute atomic E-state index is 11.5. The molecular formula is C14H10N4O3. The first-order valence-electron chi connectivity index (χ1n) is 6.26. The lowest BCUT2D eigenvalue weighted by Crippen LogP contribution is -2.09. The predicted octanol–water partition coefficient (Wildman–Crippen LogP) is 1.84. The largest absolute Gasteiger partial charge is 0.480 e. The lowest BCUT2D eigenvalue weighted by Gasteiger charge is -1.96. The van der Waals surface area contributed by atoms with Crippen molar-refractivity contribution in [3.8, 4) is 17.3 Å². The number of hydrogen-bond acceptors (Lipinski definition) is 5. The second kappa shape index (κ2) is 4.20. The number of nitrogens with zero attached hydrogens (tertiary/aromatic N) is 3. The molecule has 0 amide bonds. The van der Waals surface area contributed by atoms with Gasteiger partial charge in [0.25, 0.3) is 5.56 Å². The third kappa shape index (κ3) is 1.71. The Bertz CT molecular complexity index is 1010. The number of pyridine rings is 1. The first-order chi connectivity index (χ1) is 10.3. The van der Waals surface area contributed by atoms with Crippen LogP contribution in [0.25, 0.3) is 28.1 Å². The smallest absolute Gasteiger partial charge is 0.263 e. The van der Waals surface area contributed by atoms with Gasteiger partial charge in [0.1, 0.15) is 11.3 Å². The fourth-order valence-corrected chi connectivity index (χ4v) is 2.30. The molecule has 0 aromatic carbocycles. The number of aromatic nitrogens is 4. The van der Waals surface area contributed by atoms with Crippen LogP contribution in [0.1, 0.15) is 0 Å². The topological polar surface area (TPSA) is 85.4 Å². The van der Waals surface area contributed by atoms with Crippen LogP contribution in [-0.4, -0.2) is 26.7 Å². The highest BCUT2D eigenvalue weighted by molar-refractivity contribution is 5.86. The van der Waals surface area contributed by atoms with Gasteiger partial charge in [-0.05, 0) is 12.1 Å². The van der Waals surface area contributed by atoms with E-state index in [0.29, 0.717) is 28.6 Å². The summed E-state index contributed by atoms with van der Waals surface area (Å²) in [6.07, 6.45) is 3.26. The lowest BCUT2D eigenvalue weighted by molar-refractivity contribution is 0.403. The summed E-state index contributed by atoms with van der Waals surface area (Å²) in [6.45, 7) is 0. The van der Waals surface area contributed by atoms with E-state index in [1.165, 1.54) is 6.07 Å². The molecular weight excluding hydrogens is 272 g/mol. The summed E-state index contributed by atoms with van der Waals surface area (Å²) in [7, 11) is 1.56. The Labute approximate surface area is 117 Å². The zero-order valence-electron chi connectivity index (χ0n) is 11.0. The fraction of sp³-hybridized carbons (Fsp3) is 0.0714. The Morgan fingerprint density at radius 3 is 3.05 bits per heavy atom. The molecule has 0 bridgehead atoms. The molecule has 4 aromatic rings. The predicted molar refractivity (Wildman–Crippen MR) is 75.4 cm³/mol. The Balaban J connectivity index is 2.00. The van der Waals surface area contributed by atoms with Crippen LogP contribution in [0.15, 0.2) is 45.9 Å². The number of fused-ring (bicyclic) bond motifs is 2. The van der Waals surface area contributed by atoms with Crippen molar-refractivity contribution in [2.45, 2.75) is 0 Å². The van der Waals surface area contributed by atoms with Crippen molar-refractivity contribution in [3.05, 3.63) is 47.0 Å². The van der Waals surface area contributed by atoms with Crippen LogP contribution in [0.5, 0.6) is 5.88 Å². The molecule has 0 spiro atoms. The molecule has 0 aliphatic carbocycles. The van der Waals surface area contributed by atoms with Gasteiger partial charge in [-0.1, -0.05) is 0 Å². The van der Waals surface area contributed by atoms with Crippen molar-refractivity contribution in [1.29, 1.82) is 0 Å². The van der Waals surface area contributed by atoms with Crippen LogP contribution < -0.4 is 10.3 Å². The number of H-pyrrole nitrogens is 1. The molecule has 4 rings (SSSR count). The molecule has 0 aliphatic heterocycles. The first kappa shape index (κ1) is 11.7. The van der Waals surface area contributed by atoms with E-state index in [0.717, 1.165) is 5.39 Å². The molecule has 104 valence electrons. The highest BCUT2D eigenvalue weighted by Gasteiger charge is 2.14. The third-order valence-electron chi connectivity index (χ3n) is 3.25. The molecule has 0 radical (unpaired) electrons. The van der Waals surface area contributed by atoms with Gasteiger partial charge in [0.2, 0.25) is 5.88 Å². The van der Waals surface area contributed by atoms with Gasteiger partial charge in [0.15, 0.2) is 11.4 Å². The quantitative estimate of drug-likeness (QED) is 0.606. The zero-order chi connectivity index (χ0) is 14.4. The second-order valence-corrected chi connectivity index (χ2v) is 4.49. The molecule has 0 aliphatic rings. The number of furan rings is 1. The Hall–Kier alpha value is -3.09. The number of ether oxygens (including phenoxy) is 1. The van der Waals surface area contributed by atoms with Crippen LogP contribution in [0.4, 0.5) is 0 Å². The van der Waals surface area contributed by atoms with Crippen molar-refractivity contribution in [2.24, 2.45) is 0 Å². The molecule has 1 N–H and O–H groups in total. The van der Waals surface area contributed by atoms with Gasteiger partial charge in [0.05, 0.1) is 18.7 Å². The first-order valence-corrected chi connectivity index (χ1v) is 6.26. The molecule has 7 heteroatoms. The van der Waals surface area contributed by atoms with Crippen molar-refractivity contribution in [3.63, 3.8) is 0 Å². The Kier molecular flexibility index (Phi) is 2.34. The van der Waals surface area contributed by atoms with Gasteiger partial charge in [0, 0.05) is 18.3 Å². The number of imidazole rings is 1. The summed E-state index contributed by atoms with van der Waals surface area (Å²) in [5, 5.41) is 3.47. The van der Waals surface area contributed by atoms with Gasteiger partial charge in [-0.3, -0.25) is 9.89 Å². The van der Waals surface area contributed by atoms with Gasteiger partial charge in [-0.2, -0.15) is 0 Å². The van der Waals surface area contributed by atoms with E-state index >= 15 is 0 Å². The minimum atomic E-state index is -0.211. The van der Waals surface area contributed by atoms with Gasteiger partial charge in [-0.15, -0.1) is 0 Å². The summed E-state index contributed by atoms with van der Waals surface area (Å²) in [5.41, 5.74) is 1.73. The molecule has 0 atom stereocenters. The van der Waals surface area contributed by atoms with Crippen LogP contribution in [-0.2, 0) is 0 Å². The van der Waals surface area contributed by atoms with Gasteiger partial charge < -0.3 is 9.15 Å². The molecule has 4 aromatic heterocycles. The number of rotatable bonds is 2. The molecule has 0 fully saturated rings. The highest BCUT2D eigenvalue weighted by atomic mass is 16.5. The average molecular weight is 282 g/mol. The summed E-state index contributed by atoms with van der Waals surface area (Å²) < 4.78 is 12.6. The number of nitrogens with one attached hydrogen (secondary N) is 1. The fourth-order valence-electron chi connectivity index (χ4n) is 2.30. The maximum Gasteiger partial charge on any atom is 0.263 e. The van der Waals surface area contributed by atoms with Crippen LogP contribution in [0.2, 0.25) is 0 Å². The molecule has 0 saturated carbocycles. The van der Waals surface area contributed by atoms with Crippen molar-refractivity contribution in [1.82, 2.24) is 19.6 Å². The number of hydrogen-bond donors (Lipinski definition) is 1. The van der Waals surface area contributed by atoms with E-state index in [1.807, 2.05) is 6.07 Å². The molecule has 21 heavy (non-hydrogen) atoms. The zero-order valence-corrected chi connectivity index (χ0v) is 11.0. The van der Waals surface area contributed by atoms with E-state index < -0.39 is 0 Å². The normalized spacial score (nSPS) is 11.3. The van der Waals surface area contributed by atoms with E-state index in [9.17, 15) is 4.79 Å². The van der Waals surface area contributed by atoms with E-state index in [-0.39, 0.29) is 5.56 Å². The summed E-state index contributed by atoms with van der Waals surface area (Å²) in [5.74, 6) is 1.07. The lowest BCUT2D eigenvalue weighted by atomic mass is 10.3. The van der Waals surface area contributed by atoms with Crippen molar-refractivity contribution >= 4 is 16.6 Å². The van der Waals surface area contributed by atoms with E-state index in [1.54, 1.807) is 36.2 Å². The maximum atomic E-state index is 11.5. The van der Waals surface area contributed by atoms with Gasteiger partial charge in [-0.25, -0.2) is 14.5 Å².